The molecule has 0 spiro atoms. The van der Waals surface area contributed by atoms with Crippen molar-refractivity contribution in [2.75, 3.05) is 7.11 Å². The van der Waals surface area contributed by atoms with Gasteiger partial charge in [0, 0.05) is 0 Å². The molecule has 0 saturated carbocycles. The molecule has 134 valence electrons. The van der Waals surface area contributed by atoms with E-state index in [1.165, 1.54) is 0 Å². The summed E-state index contributed by atoms with van der Waals surface area (Å²) in [5, 5.41) is 8.09. The molecule has 0 saturated heterocycles. The van der Waals surface area contributed by atoms with E-state index in [-0.39, 0.29) is 12.3 Å². The largest absolute Gasteiger partial charge is 0.494 e. The molecule has 2 aromatic carbocycles. The van der Waals surface area contributed by atoms with Crippen molar-refractivity contribution in [2.24, 2.45) is 0 Å². The topological polar surface area (TPSA) is 66.2 Å². The van der Waals surface area contributed by atoms with Crippen LogP contribution in [0.3, 0.4) is 0 Å². The van der Waals surface area contributed by atoms with Crippen LogP contribution in [0.4, 0.5) is 0 Å². The number of rotatable bonds is 5. The summed E-state index contributed by atoms with van der Waals surface area (Å²) in [5.74, 6) is 0.153. The number of hydrogen-bond acceptors (Lipinski definition) is 5. The number of esters is 1. The van der Waals surface area contributed by atoms with Crippen molar-refractivity contribution in [3.8, 4) is 11.4 Å². The molecule has 1 aromatic heterocycles. The fourth-order valence-electron chi connectivity index (χ4n) is 2.72. The second-order valence-corrected chi connectivity index (χ2v) is 6.11. The monoisotopic (exact) mass is 351 g/mol. The molecular weight excluding hydrogens is 330 g/mol. The second-order valence-electron chi connectivity index (χ2n) is 6.11. The maximum atomic E-state index is 12.5. The number of ether oxygens (including phenoxy) is 2. The van der Waals surface area contributed by atoms with Crippen molar-refractivity contribution in [1.82, 2.24) is 15.0 Å². The third-order valence-corrected chi connectivity index (χ3v) is 4.26. The molecule has 6 nitrogen and oxygen atoms in total. The van der Waals surface area contributed by atoms with Crippen LogP contribution in [0.2, 0.25) is 0 Å². The highest BCUT2D eigenvalue weighted by atomic mass is 16.5. The SMILES string of the molecule is COc1ccccc1-n1nnc(C(=O)OCc2cc(C)ccc2C)c1C. The van der Waals surface area contributed by atoms with Crippen molar-refractivity contribution in [2.45, 2.75) is 27.4 Å². The van der Waals surface area contributed by atoms with Crippen LogP contribution in [0.25, 0.3) is 5.69 Å². The van der Waals surface area contributed by atoms with Crippen LogP contribution in [0.1, 0.15) is 32.9 Å². The summed E-state index contributed by atoms with van der Waals surface area (Å²) in [4.78, 5) is 12.5. The van der Waals surface area contributed by atoms with E-state index in [1.807, 2.05) is 56.3 Å². The maximum Gasteiger partial charge on any atom is 0.361 e. The Morgan fingerprint density at radius 1 is 1.12 bits per heavy atom. The molecule has 0 radical (unpaired) electrons. The molecular formula is C20H21N3O3. The van der Waals surface area contributed by atoms with E-state index in [0.29, 0.717) is 17.1 Å². The smallest absolute Gasteiger partial charge is 0.361 e. The summed E-state index contributed by atoms with van der Waals surface area (Å²) in [6.45, 7) is 5.98. The first-order valence-electron chi connectivity index (χ1n) is 8.30. The van der Waals surface area contributed by atoms with Gasteiger partial charge in [-0.2, -0.15) is 0 Å². The number of carbonyl (C=O) groups is 1. The normalized spacial score (nSPS) is 10.6. The first-order chi connectivity index (χ1) is 12.5. The Hall–Kier alpha value is -3.15. The molecule has 0 aliphatic heterocycles. The lowest BCUT2D eigenvalue weighted by Crippen LogP contribution is -2.09. The average Bonchev–Trinajstić information content (AvgIpc) is 3.03. The quantitative estimate of drug-likeness (QED) is 0.658. The Labute approximate surface area is 152 Å². The highest BCUT2D eigenvalue weighted by Gasteiger charge is 2.20. The van der Waals surface area contributed by atoms with Gasteiger partial charge in [0.2, 0.25) is 0 Å². The fourth-order valence-corrected chi connectivity index (χ4v) is 2.72. The van der Waals surface area contributed by atoms with Gasteiger partial charge in [0.1, 0.15) is 18.0 Å². The van der Waals surface area contributed by atoms with Crippen LogP contribution < -0.4 is 4.74 Å². The lowest BCUT2D eigenvalue weighted by Gasteiger charge is -2.09. The Morgan fingerprint density at radius 2 is 1.88 bits per heavy atom. The molecule has 0 aliphatic carbocycles. The summed E-state index contributed by atoms with van der Waals surface area (Å²) in [5.41, 5.74) is 4.70. The molecule has 0 atom stereocenters. The first kappa shape index (κ1) is 17.7. The van der Waals surface area contributed by atoms with Crippen molar-refractivity contribution in [1.29, 1.82) is 0 Å². The summed E-state index contributed by atoms with van der Waals surface area (Å²) in [6, 6.07) is 13.5. The van der Waals surface area contributed by atoms with Crippen molar-refractivity contribution < 1.29 is 14.3 Å². The molecule has 0 fully saturated rings. The number of aryl methyl sites for hydroxylation is 2. The zero-order chi connectivity index (χ0) is 18.7. The minimum atomic E-state index is -0.496. The van der Waals surface area contributed by atoms with Gasteiger partial charge in [0.15, 0.2) is 5.69 Å². The summed E-state index contributed by atoms with van der Waals surface area (Å²) in [6.07, 6.45) is 0. The summed E-state index contributed by atoms with van der Waals surface area (Å²) >= 11 is 0. The van der Waals surface area contributed by atoms with Crippen molar-refractivity contribution in [3.05, 3.63) is 70.5 Å². The first-order valence-corrected chi connectivity index (χ1v) is 8.30. The van der Waals surface area contributed by atoms with Gasteiger partial charge in [-0.05, 0) is 44.0 Å². The predicted molar refractivity (Wildman–Crippen MR) is 97.7 cm³/mol. The van der Waals surface area contributed by atoms with E-state index in [9.17, 15) is 4.79 Å². The highest BCUT2D eigenvalue weighted by molar-refractivity contribution is 5.88. The van der Waals surface area contributed by atoms with E-state index in [4.69, 9.17) is 9.47 Å². The third kappa shape index (κ3) is 3.44. The number of benzene rings is 2. The van der Waals surface area contributed by atoms with Crippen LogP contribution in [0.5, 0.6) is 5.75 Å². The second kappa shape index (κ2) is 7.39. The Kier molecular flexibility index (Phi) is 5.02. The number of methoxy groups -OCH3 is 1. The number of hydrogen-bond donors (Lipinski definition) is 0. The van der Waals surface area contributed by atoms with Gasteiger partial charge < -0.3 is 9.47 Å². The van der Waals surface area contributed by atoms with E-state index in [0.717, 1.165) is 16.7 Å². The van der Waals surface area contributed by atoms with Gasteiger partial charge in [-0.1, -0.05) is 41.1 Å². The molecule has 0 aliphatic rings. The minimum Gasteiger partial charge on any atom is -0.494 e. The van der Waals surface area contributed by atoms with E-state index in [2.05, 4.69) is 10.3 Å². The Morgan fingerprint density at radius 3 is 2.65 bits per heavy atom. The zero-order valence-electron chi connectivity index (χ0n) is 15.3. The van der Waals surface area contributed by atoms with Gasteiger partial charge >= 0.3 is 5.97 Å². The molecule has 26 heavy (non-hydrogen) atoms. The number of nitrogens with zero attached hydrogens (tertiary/aromatic N) is 3. The molecule has 0 unspecified atom stereocenters. The molecule has 0 amide bonds. The number of aromatic nitrogens is 3. The van der Waals surface area contributed by atoms with Crippen LogP contribution in [0.15, 0.2) is 42.5 Å². The average molecular weight is 351 g/mol. The van der Waals surface area contributed by atoms with Gasteiger partial charge in [-0.15, -0.1) is 5.10 Å². The lowest BCUT2D eigenvalue weighted by molar-refractivity contribution is 0.0464. The molecule has 0 N–H and O–H groups in total. The minimum absolute atomic E-state index is 0.196. The summed E-state index contributed by atoms with van der Waals surface area (Å²) in [7, 11) is 1.59. The summed E-state index contributed by atoms with van der Waals surface area (Å²) < 4.78 is 12.4. The predicted octanol–water partition coefficient (Wildman–Crippen LogP) is 3.56. The van der Waals surface area contributed by atoms with Crippen molar-refractivity contribution in [3.63, 3.8) is 0 Å². The van der Waals surface area contributed by atoms with Gasteiger partial charge in [0.25, 0.3) is 0 Å². The van der Waals surface area contributed by atoms with Gasteiger partial charge in [-0.3, -0.25) is 0 Å². The van der Waals surface area contributed by atoms with Crippen LogP contribution in [-0.4, -0.2) is 28.1 Å². The Bertz CT molecular complexity index is 947. The highest BCUT2D eigenvalue weighted by Crippen LogP contribution is 2.23. The van der Waals surface area contributed by atoms with E-state index < -0.39 is 5.97 Å². The molecule has 3 aromatic rings. The number of carbonyl (C=O) groups excluding carboxylic acids is 1. The maximum absolute atomic E-state index is 12.5. The van der Waals surface area contributed by atoms with Gasteiger partial charge in [0.05, 0.1) is 12.8 Å². The van der Waals surface area contributed by atoms with E-state index in [1.54, 1.807) is 18.7 Å². The van der Waals surface area contributed by atoms with Gasteiger partial charge in [-0.25, -0.2) is 9.48 Å². The standard InChI is InChI=1S/C20H21N3O3/c1-13-9-10-14(2)16(11-13)12-26-20(24)19-15(3)23(22-21-19)17-7-5-6-8-18(17)25-4/h5-11H,12H2,1-4H3. The van der Waals surface area contributed by atoms with Crippen LogP contribution in [0, 0.1) is 20.8 Å². The third-order valence-electron chi connectivity index (χ3n) is 4.26. The van der Waals surface area contributed by atoms with Crippen LogP contribution >= 0.6 is 0 Å². The fraction of sp³-hybridized carbons (Fsp3) is 0.250. The zero-order valence-corrected chi connectivity index (χ0v) is 15.3. The van der Waals surface area contributed by atoms with E-state index >= 15 is 0 Å². The lowest BCUT2D eigenvalue weighted by atomic mass is 10.1. The van der Waals surface area contributed by atoms with Crippen LogP contribution in [-0.2, 0) is 11.3 Å². The molecule has 0 bridgehead atoms. The molecule has 1 heterocycles. The molecule has 3 rings (SSSR count). The number of para-hydroxylation sites is 2. The van der Waals surface area contributed by atoms with Crippen molar-refractivity contribution >= 4 is 5.97 Å². The molecule has 6 heteroatoms. The Balaban J connectivity index is 1.81.